The predicted octanol–water partition coefficient (Wildman–Crippen LogP) is 2.89. The van der Waals surface area contributed by atoms with Gasteiger partial charge in [0.2, 0.25) is 0 Å². The number of nitrogens with zero attached hydrogens (tertiary/aromatic N) is 1. The summed E-state index contributed by atoms with van der Waals surface area (Å²) in [6.07, 6.45) is 0.841. The Balaban J connectivity index is 2.10. The van der Waals surface area contributed by atoms with Crippen molar-refractivity contribution in [2.24, 2.45) is 5.92 Å². The lowest BCUT2D eigenvalue weighted by molar-refractivity contribution is -0.160. The Morgan fingerprint density at radius 3 is 2.50 bits per heavy atom. The van der Waals surface area contributed by atoms with Crippen molar-refractivity contribution in [1.82, 2.24) is 4.90 Å². The number of likely N-dealkylation sites (tertiary alicyclic amines) is 1. The fourth-order valence-electron chi connectivity index (χ4n) is 2.91. The first-order chi connectivity index (χ1) is 11.4. The van der Waals surface area contributed by atoms with Crippen LogP contribution in [0.25, 0.3) is 0 Å². The number of ether oxygens (including phenoxy) is 1. The van der Waals surface area contributed by atoms with Crippen molar-refractivity contribution in [3.05, 3.63) is 29.8 Å². The second-order valence-electron chi connectivity index (χ2n) is 5.84. The molecule has 0 spiro atoms. The molecular weight excluding hydrogens is 320 g/mol. The predicted molar refractivity (Wildman–Crippen MR) is 83.1 cm³/mol. The van der Waals surface area contributed by atoms with Crippen LogP contribution in [0.4, 0.5) is 8.78 Å². The number of carbonyl (C=O) groups is 2. The molecule has 0 radical (unpaired) electrons. The van der Waals surface area contributed by atoms with Crippen LogP contribution in [-0.2, 0) is 15.5 Å². The van der Waals surface area contributed by atoms with Crippen molar-refractivity contribution in [3.63, 3.8) is 0 Å². The summed E-state index contributed by atoms with van der Waals surface area (Å²) in [6, 6.07) is 5.63. The molecule has 1 amide bonds. The van der Waals surface area contributed by atoms with Crippen LogP contribution < -0.4 is 4.74 Å². The van der Waals surface area contributed by atoms with Gasteiger partial charge in [0.15, 0.2) is 0 Å². The summed E-state index contributed by atoms with van der Waals surface area (Å²) in [7, 11) is 0. The van der Waals surface area contributed by atoms with Gasteiger partial charge in [0.25, 0.3) is 5.91 Å². The highest BCUT2D eigenvalue weighted by Crippen LogP contribution is 2.37. The molecule has 1 aliphatic rings. The topological polar surface area (TPSA) is 66.8 Å². The molecule has 0 atom stereocenters. The van der Waals surface area contributed by atoms with Crippen LogP contribution in [0.1, 0.15) is 31.7 Å². The average Bonchev–Trinajstić information content (AvgIpc) is 2.55. The summed E-state index contributed by atoms with van der Waals surface area (Å²) in [5.74, 6) is -5.92. The van der Waals surface area contributed by atoms with E-state index in [1.165, 1.54) is 18.2 Å². The molecular formula is C17H21F2NO4. The van der Waals surface area contributed by atoms with E-state index in [1.807, 2.05) is 0 Å². The van der Waals surface area contributed by atoms with E-state index < -0.39 is 23.4 Å². The van der Waals surface area contributed by atoms with Gasteiger partial charge in [-0.2, -0.15) is 8.78 Å². The summed E-state index contributed by atoms with van der Waals surface area (Å²) >= 11 is 0. The van der Waals surface area contributed by atoms with Crippen molar-refractivity contribution < 1.29 is 28.2 Å². The molecule has 7 heteroatoms. The highest BCUT2D eigenvalue weighted by Gasteiger charge is 2.46. The third kappa shape index (κ3) is 4.01. The van der Waals surface area contributed by atoms with Crippen LogP contribution in [0.5, 0.6) is 5.75 Å². The number of carboxylic acids is 1. The molecule has 5 nitrogen and oxygen atoms in total. The van der Waals surface area contributed by atoms with Gasteiger partial charge in [0, 0.05) is 19.5 Å². The van der Waals surface area contributed by atoms with E-state index in [-0.39, 0.29) is 37.8 Å². The Morgan fingerprint density at radius 2 is 1.92 bits per heavy atom. The minimum atomic E-state index is -3.68. The quantitative estimate of drug-likeness (QED) is 0.864. The number of piperidine rings is 1. The van der Waals surface area contributed by atoms with Gasteiger partial charge in [-0.05, 0) is 37.8 Å². The molecule has 0 aromatic heterocycles. The van der Waals surface area contributed by atoms with Crippen LogP contribution in [0.15, 0.2) is 24.3 Å². The van der Waals surface area contributed by atoms with Crippen LogP contribution in [0, 0.1) is 5.92 Å². The third-order valence-corrected chi connectivity index (χ3v) is 4.16. The van der Waals surface area contributed by atoms with Crippen molar-refractivity contribution in [2.75, 3.05) is 19.7 Å². The highest BCUT2D eigenvalue weighted by atomic mass is 19.3. The molecule has 0 aliphatic carbocycles. The second-order valence-corrected chi connectivity index (χ2v) is 5.84. The number of halogens is 2. The lowest BCUT2D eigenvalue weighted by Crippen LogP contribution is -2.46. The molecule has 1 heterocycles. The van der Waals surface area contributed by atoms with Crippen LogP contribution in [0.3, 0.4) is 0 Å². The molecule has 0 saturated carbocycles. The first-order valence-electron chi connectivity index (χ1n) is 7.97. The fraction of sp³-hybridized carbons (Fsp3) is 0.529. The van der Waals surface area contributed by atoms with E-state index in [4.69, 9.17) is 9.84 Å². The van der Waals surface area contributed by atoms with Crippen LogP contribution in [-0.4, -0.2) is 41.6 Å². The molecule has 0 unspecified atom stereocenters. The lowest BCUT2D eigenvalue weighted by atomic mass is 9.93. The van der Waals surface area contributed by atoms with E-state index >= 15 is 0 Å². The summed E-state index contributed by atoms with van der Waals surface area (Å²) in [5, 5.41) is 8.79. The molecule has 1 aromatic carbocycles. The molecule has 24 heavy (non-hydrogen) atoms. The fourth-order valence-corrected chi connectivity index (χ4v) is 2.91. The summed E-state index contributed by atoms with van der Waals surface area (Å²) in [5.41, 5.74) is -0.440. The Bertz CT molecular complexity index is 598. The Labute approximate surface area is 139 Å². The van der Waals surface area contributed by atoms with Gasteiger partial charge in [-0.25, -0.2) is 0 Å². The molecule has 1 saturated heterocycles. The van der Waals surface area contributed by atoms with Crippen LogP contribution >= 0.6 is 0 Å². The number of hydrogen-bond acceptors (Lipinski definition) is 3. The maximum Gasteiger partial charge on any atom is 0.353 e. The number of para-hydroxylation sites is 1. The van der Waals surface area contributed by atoms with E-state index in [0.29, 0.717) is 12.8 Å². The molecule has 1 aromatic rings. The zero-order valence-electron chi connectivity index (χ0n) is 13.5. The third-order valence-electron chi connectivity index (χ3n) is 4.16. The first kappa shape index (κ1) is 18.2. The summed E-state index contributed by atoms with van der Waals surface area (Å²) in [6.45, 7) is 2.19. The molecule has 2 rings (SSSR count). The zero-order chi connectivity index (χ0) is 17.7. The number of carbonyl (C=O) groups excluding carboxylic acids is 1. The monoisotopic (exact) mass is 341 g/mol. The number of rotatable bonds is 6. The van der Waals surface area contributed by atoms with Crippen LogP contribution in [0.2, 0.25) is 0 Å². The second kappa shape index (κ2) is 7.59. The van der Waals surface area contributed by atoms with E-state index in [2.05, 4.69) is 0 Å². The Hall–Kier alpha value is -2.18. The Morgan fingerprint density at radius 1 is 1.29 bits per heavy atom. The average molecular weight is 341 g/mol. The molecule has 1 aliphatic heterocycles. The number of carboxylic acid groups (broad SMARTS) is 1. The number of benzene rings is 1. The van der Waals surface area contributed by atoms with Gasteiger partial charge in [-0.3, -0.25) is 9.59 Å². The number of alkyl halides is 2. The highest BCUT2D eigenvalue weighted by molar-refractivity contribution is 5.85. The van der Waals surface area contributed by atoms with Crippen molar-refractivity contribution in [2.45, 2.75) is 32.1 Å². The van der Waals surface area contributed by atoms with Crippen molar-refractivity contribution in [3.8, 4) is 5.75 Å². The first-order valence-corrected chi connectivity index (χ1v) is 7.97. The van der Waals surface area contributed by atoms with Gasteiger partial charge < -0.3 is 14.7 Å². The maximum absolute atomic E-state index is 14.7. The normalized spacial score (nSPS) is 16.0. The van der Waals surface area contributed by atoms with Gasteiger partial charge >= 0.3 is 11.9 Å². The summed E-state index contributed by atoms with van der Waals surface area (Å²) in [4.78, 5) is 24.1. The van der Waals surface area contributed by atoms with Gasteiger partial charge in [0.05, 0.1) is 12.2 Å². The van der Waals surface area contributed by atoms with Gasteiger partial charge in [-0.15, -0.1) is 0 Å². The smallest absolute Gasteiger partial charge is 0.353 e. The molecule has 0 bridgehead atoms. The van der Waals surface area contributed by atoms with Crippen molar-refractivity contribution in [1.29, 1.82) is 0 Å². The molecule has 1 fully saturated rings. The van der Waals surface area contributed by atoms with E-state index in [9.17, 15) is 18.4 Å². The number of amides is 1. The molecule has 132 valence electrons. The standard InChI is InChI=1S/C17H21F2NO4/c1-2-24-14-6-4-3-5-13(14)17(18,19)16(23)20-9-7-12(8-10-20)11-15(21)22/h3-6,12H,2,7-11H2,1H3,(H,21,22). The minimum absolute atomic E-state index is 0.000821. The maximum atomic E-state index is 14.7. The number of hydrogen-bond donors (Lipinski definition) is 1. The lowest BCUT2D eigenvalue weighted by Gasteiger charge is -2.33. The van der Waals surface area contributed by atoms with E-state index in [1.54, 1.807) is 13.0 Å². The molecule has 1 N–H and O–H groups in total. The Kier molecular flexibility index (Phi) is 5.75. The van der Waals surface area contributed by atoms with Gasteiger partial charge in [0.1, 0.15) is 5.75 Å². The largest absolute Gasteiger partial charge is 0.493 e. The van der Waals surface area contributed by atoms with Crippen molar-refractivity contribution >= 4 is 11.9 Å². The number of aliphatic carboxylic acids is 1. The zero-order valence-corrected chi connectivity index (χ0v) is 13.5. The van der Waals surface area contributed by atoms with E-state index in [0.717, 1.165) is 4.90 Å². The SMILES string of the molecule is CCOc1ccccc1C(F)(F)C(=O)N1CCC(CC(=O)O)CC1. The minimum Gasteiger partial charge on any atom is -0.493 e. The summed E-state index contributed by atoms with van der Waals surface area (Å²) < 4.78 is 34.5. The van der Waals surface area contributed by atoms with Gasteiger partial charge in [-0.1, -0.05) is 12.1 Å².